The fourth-order valence-corrected chi connectivity index (χ4v) is 4.61. The van der Waals surface area contributed by atoms with Crippen LogP contribution in [0.3, 0.4) is 0 Å². The lowest BCUT2D eigenvalue weighted by molar-refractivity contribution is 0.122. The number of rotatable bonds is 7. The Hall–Kier alpha value is -3.96. The molecule has 0 amide bonds. The van der Waals surface area contributed by atoms with Gasteiger partial charge in [-0.3, -0.25) is 14.5 Å². The van der Waals surface area contributed by atoms with Crippen LogP contribution in [0.25, 0.3) is 28.1 Å². The van der Waals surface area contributed by atoms with E-state index in [1.807, 2.05) is 47.4 Å². The SMILES string of the molecule is Cc1nc2ccccc2n1-c1nc(N2CCOCC2)c2nc(CNCCc3cnccn3)n(C)c2n1. The van der Waals surface area contributed by atoms with E-state index in [9.17, 15) is 0 Å². The number of nitrogens with one attached hydrogen (secondary N) is 1. The van der Waals surface area contributed by atoms with Crippen LogP contribution in [0.5, 0.6) is 0 Å². The molecule has 6 rings (SSSR count). The van der Waals surface area contributed by atoms with Gasteiger partial charge in [0.1, 0.15) is 11.6 Å². The second-order valence-electron chi connectivity index (χ2n) is 8.81. The first kappa shape index (κ1) is 22.5. The van der Waals surface area contributed by atoms with Crippen molar-refractivity contribution in [3.05, 3.63) is 60.2 Å². The van der Waals surface area contributed by atoms with Crippen molar-refractivity contribution >= 4 is 28.0 Å². The highest BCUT2D eigenvalue weighted by Crippen LogP contribution is 2.28. The molecular formula is C25H28N10O. The summed E-state index contributed by atoms with van der Waals surface area (Å²) in [7, 11) is 2.01. The summed E-state index contributed by atoms with van der Waals surface area (Å²) in [5.41, 5.74) is 4.46. The maximum atomic E-state index is 5.60. The summed E-state index contributed by atoms with van der Waals surface area (Å²) < 4.78 is 9.67. The summed E-state index contributed by atoms with van der Waals surface area (Å²) in [5.74, 6) is 3.17. The Kier molecular flexibility index (Phi) is 5.99. The number of benzene rings is 1. The molecule has 1 fully saturated rings. The molecule has 0 saturated carbocycles. The van der Waals surface area contributed by atoms with Crippen molar-refractivity contribution in [1.82, 2.24) is 44.4 Å². The zero-order valence-electron chi connectivity index (χ0n) is 20.4. The minimum absolute atomic E-state index is 0.598. The number of imidazole rings is 2. The first-order chi connectivity index (χ1) is 17.7. The Morgan fingerprint density at radius 1 is 1.03 bits per heavy atom. The zero-order valence-corrected chi connectivity index (χ0v) is 20.4. The van der Waals surface area contributed by atoms with Crippen molar-refractivity contribution in [3.8, 4) is 5.95 Å². The highest BCUT2D eigenvalue weighted by Gasteiger charge is 2.23. The fraction of sp³-hybridized carbons (Fsp3) is 0.360. The molecule has 5 heterocycles. The zero-order chi connectivity index (χ0) is 24.5. The molecule has 1 aliphatic rings. The number of fused-ring (bicyclic) bond motifs is 2. The van der Waals surface area contributed by atoms with Crippen molar-refractivity contribution < 1.29 is 4.74 Å². The van der Waals surface area contributed by atoms with Crippen LogP contribution >= 0.6 is 0 Å². The van der Waals surface area contributed by atoms with Gasteiger partial charge in [0.05, 0.1) is 36.5 Å². The maximum Gasteiger partial charge on any atom is 0.239 e. The van der Waals surface area contributed by atoms with Crippen molar-refractivity contribution in [2.24, 2.45) is 7.05 Å². The van der Waals surface area contributed by atoms with Gasteiger partial charge in [0.15, 0.2) is 17.0 Å². The van der Waals surface area contributed by atoms with E-state index in [1.165, 1.54) is 0 Å². The van der Waals surface area contributed by atoms with Gasteiger partial charge in [-0.1, -0.05) is 12.1 Å². The number of anilines is 1. The first-order valence-electron chi connectivity index (χ1n) is 12.1. The number of nitrogens with zero attached hydrogens (tertiary/aromatic N) is 9. The molecule has 0 bridgehead atoms. The molecule has 0 spiro atoms. The van der Waals surface area contributed by atoms with Crippen LogP contribution < -0.4 is 10.2 Å². The third-order valence-electron chi connectivity index (χ3n) is 6.48. The van der Waals surface area contributed by atoms with Gasteiger partial charge < -0.3 is 19.5 Å². The third-order valence-corrected chi connectivity index (χ3v) is 6.48. The normalized spacial score (nSPS) is 14.2. The van der Waals surface area contributed by atoms with Gasteiger partial charge in [0, 0.05) is 51.7 Å². The molecule has 11 heteroatoms. The van der Waals surface area contributed by atoms with Gasteiger partial charge in [-0.2, -0.15) is 9.97 Å². The number of para-hydroxylation sites is 2. The topological polar surface area (TPSA) is 112 Å². The van der Waals surface area contributed by atoms with E-state index in [-0.39, 0.29) is 0 Å². The summed E-state index contributed by atoms with van der Waals surface area (Å²) in [4.78, 5) is 30.4. The largest absolute Gasteiger partial charge is 0.378 e. The van der Waals surface area contributed by atoms with Crippen LogP contribution in [-0.4, -0.2) is 71.9 Å². The molecule has 0 unspecified atom stereocenters. The highest BCUT2D eigenvalue weighted by molar-refractivity contribution is 5.86. The average molecular weight is 485 g/mol. The Morgan fingerprint density at radius 3 is 2.72 bits per heavy atom. The predicted octanol–water partition coefficient (Wildman–Crippen LogP) is 1.97. The fourth-order valence-electron chi connectivity index (χ4n) is 4.61. The average Bonchev–Trinajstić information content (AvgIpc) is 3.42. The smallest absolute Gasteiger partial charge is 0.239 e. The molecule has 0 aliphatic carbocycles. The lowest BCUT2D eigenvalue weighted by Crippen LogP contribution is -2.37. The summed E-state index contributed by atoms with van der Waals surface area (Å²) in [5, 5.41) is 3.48. The lowest BCUT2D eigenvalue weighted by atomic mass is 10.3. The molecule has 5 aromatic rings. The number of morpholine rings is 1. The summed E-state index contributed by atoms with van der Waals surface area (Å²) >= 11 is 0. The first-order valence-corrected chi connectivity index (χ1v) is 12.1. The Morgan fingerprint density at radius 2 is 1.89 bits per heavy atom. The van der Waals surface area contributed by atoms with Crippen molar-refractivity contribution in [2.45, 2.75) is 19.9 Å². The van der Waals surface area contributed by atoms with E-state index in [1.54, 1.807) is 18.6 Å². The molecule has 0 radical (unpaired) electrons. The summed E-state index contributed by atoms with van der Waals surface area (Å²) in [6, 6.07) is 8.06. The van der Waals surface area contributed by atoms with Crippen LogP contribution in [0.4, 0.5) is 5.82 Å². The Balaban J connectivity index is 1.38. The van der Waals surface area contributed by atoms with E-state index in [0.29, 0.717) is 25.7 Å². The second-order valence-corrected chi connectivity index (χ2v) is 8.81. The van der Waals surface area contributed by atoms with E-state index < -0.39 is 0 Å². The number of aryl methyl sites for hydroxylation is 2. The van der Waals surface area contributed by atoms with Gasteiger partial charge >= 0.3 is 0 Å². The molecule has 0 atom stereocenters. The molecule has 1 aliphatic heterocycles. The van der Waals surface area contributed by atoms with Gasteiger partial charge in [0.2, 0.25) is 5.95 Å². The monoisotopic (exact) mass is 484 g/mol. The molecule has 184 valence electrons. The molecule has 4 aromatic heterocycles. The van der Waals surface area contributed by atoms with Crippen LogP contribution in [0.1, 0.15) is 17.3 Å². The van der Waals surface area contributed by atoms with Crippen LogP contribution in [0, 0.1) is 6.92 Å². The standard InChI is InChI=1S/C25H28N10O/c1-17-29-19-5-3-4-6-20(19)35(17)25-31-23-22(24(32-25)34-11-13-36-14-12-34)30-21(33(23)2)16-26-8-7-18-15-27-9-10-28-18/h3-6,9-10,15,26H,7-8,11-14,16H2,1-2H3. The quantitative estimate of drug-likeness (QED) is 0.347. The second kappa shape index (κ2) is 9.59. The van der Waals surface area contributed by atoms with Crippen LogP contribution in [0.15, 0.2) is 42.9 Å². The maximum absolute atomic E-state index is 5.60. The van der Waals surface area contributed by atoms with E-state index in [0.717, 1.165) is 71.4 Å². The number of ether oxygens (including phenoxy) is 1. The summed E-state index contributed by atoms with van der Waals surface area (Å²) in [6.07, 6.45) is 6.00. The van der Waals surface area contributed by atoms with E-state index in [4.69, 9.17) is 24.7 Å². The minimum atomic E-state index is 0.598. The molecule has 1 saturated heterocycles. The Bertz CT molecular complexity index is 1500. The number of hydrogen-bond acceptors (Lipinski definition) is 9. The van der Waals surface area contributed by atoms with Crippen LogP contribution in [0.2, 0.25) is 0 Å². The molecule has 11 nitrogen and oxygen atoms in total. The van der Waals surface area contributed by atoms with Crippen LogP contribution in [-0.2, 0) is 24.8 Å². The van der Waals surface area contributed by atoms with Gasteiger partial charge in [-0.15, -0.1) is 0 Å². The van der Waals surface area contributed by atoms with Gasteiger partial charge in [-0.05, 0) is 19.1 Å². The van der Waals surface area contributed by atoms with Crippen molar-refractivity contribution in [3.63, 3.8) is 0 Å². The number of hydrogen-bond donors (Lipinski definition) is 1. The molecular weight excluding hydrogens is 456 g/mol. The molecule has 1 aromatic carbocycles. The van der Waals surface area contributed by atoms with Gasteiger partial charge in [-0.25, -0.2) is 9.97 Å². The lowest BCUT2D eigenvalue weighted by Gasteiger charge is -2.28. The van der Waals surface area contributed by atoms with Crippen molar-refractivity contribution in [2.75, 3.05) is 37.7 Å². The van der Waals surface area contributed by atoms with E-state index in [2.05, 4.69) is 20.2 Å². The number of aromatic nitrogens is 8. The third kappa shape index (κ3) is 4.16. The van der Waals surface area contributed by atoms with Crippen molar-refractivity contribution in [1.29, 1.82) is 0 Å². The highest BCUT2D eigenvalue weighted by atomic mass is 16.5. The molecule has 36 heavy (non-hydrogen) atoms. The minimum Gasteiger partial charge on any atom is -0.378 e. The predicted molar refractivity (Wildman–Crippen MR) is 136 cm³/mol. The van der Waals surface area contributed by atoms with E-state index >= 15 is 0 Å². The van der Waals surface area contributed by atoms with Gasteiger partial charge in [0.25, 0.3) is 0 Å². The molecule has 1 N–H and O–H groups in total. The summed E-state index contributed by atoms with van der Waals surface area (Å²) in [6.45, 7) is 6.22. The Labute approximate surface area is 208 Å².